The first-order valence-corrected chi connectivity index (χ1v) is 3.77. The van der Waals surface area contributed by atoms with Crippen molar-refractivity contribution >= 4 is 18.3 Å². The molecule has 1 saturated heterocycles. The molecule has 4 heteroatoms. The van der Waals surface area contributed by atoms with Crippen LogP contribution in [0.3, 0.4) is 0 Å². The summed E-state index contributed by atoms with van der Waals surface area (Å²) >= 11 is 0. The van der Waals surface area contributed by atoms with Gasteiger partial charge in [-0.25, -0.2) is 0 Å². The largest absolute Gasteiger partial charge is 0.356 e. The lowest BCUT2D eigenvalue weighted by molar-refractivity contribution is -0.122. The fourth-order valence-electron chi connectivity index (χ4n) is 1.24. The molecule has 0 saturated carbocycles. The highest BCUT2D eigenvalue weighted by molar-refractivity contribution is 5.85. The van der Waals surface area contributed by atoms with E-state index in [-0.39, 0.29) is 24.2 Å². The van der Waals surface area contributed by atoms with Gasteiger partial charge in [-0.15, -0.1) is 12.4 Å². The van der Waals surface area contributed by atoms with Crippen molar-refractivity contribution in [1.29, 1.82) is 0 Å². The first-order chi connectivity index (χ1) is 4.84. The summed E-state index contributed by atoms with van der Waals surface area (Å²) in [6.07, 6.45) is 1.99. The minimum absolute atomic E-state index is 0. The van der Waals surface area contributed by atoms with Crippen molar-refractivity contribution < 1.29 is 4.79 Å². The highest BCUT2D eigenvalue weighted by Crippen LogP contribution is 2.12. The van der Waals surface area contributed by atoms with Crippen LogP contribution in [-0.2, 0) is 4.79 Å². The molecule has 0 spiro atoms. The Balaban J connectivity index is 0.000001000. The van der Waals surface area contributed by atoms with Gasteiger partial charge in [0.25, 0.3) is 0 Å². The van der Waals surface area contributed by atoms with Crippen LogP contribution in [0.2, 0.25) is 0 Å². The van der Waals surface area contributed by atoms with Crippen LogP contribution < -0.4 is 10.6 Å². The number of amides is 1. The number of rotatable bonds is 3. The van der Waals surface area contributed by atoms with E-state index >= 15 is 0 Å². The smallest absolute Gasteiger partial charge is 0.223 e. The third-order valence-corrected chi connectivity index (χ3v) is 1.91. The van der Waals surface area contributed by atoms with E-state index in [0.29, 0.717) is 0 Å². The Bertz CT molecular complexity index is 130. The SMILES string of the molecule is CNCCC1CCNC1=O.Cl. The molecule has 0 radical (unpaired) electrons. The third kappa shape index (κ3) is 3.08. The van der Waals surface area contributed by atoms with Gasteiger partial charge in [0.1, 0.15) is 0 Å². The number of hydrogen-bond donors (Lipinski definition) is 2. The fraction of sp³-hybridized carbons (Fsp3) is 0.857. The quantitative estimate of drug-likeness (QED) is 0.646. The first kappa shape index (κ1) is 10.7. The number of hydrogen-bond acceptors (Lipinski definition) is 2. The number of carbonyl (C=O) groups excluding carboxylic acids is 1. The van der Waals surface area contributed by atoms with Gasteiger partial charge in [0.05, 0.1) is 0 Å². The molecule has 1 unspecified atom stereocenters. The Hall–Kier alpha value is -0.280. The second kappa shape index (κ2) is 5.38. The molecule has 11 heavy (non-hydrogen) atoms. The zero-order chi connectivity index (χ0) is 7.40. The van der Waals surface area contributed by atoms with Crippen LogP contribution >= 0.6 is 12.4 Å². The predicted molar refractivity (Wildman–Crippen MR) is 46.9 cm³/mol. The van der Waals surface area contributed by atoms with E-state index in [1.807, 2.05) is 7.05 Å². The van der Waals surface area contributed by atoms with Crippen molar-refractivity contribution in [1.82, 2.24) is 10.6 Å². The molecular formula is C7H15ClN2O. The Morgan fingerprint density at radius 1 is 1.73 bits per heavy atom. The van der Waals surface area contributed by atoms with Crippen LogP contribution in [0, 0.1) is 5.92 Å². The molecule has 1 fully saturated rings. The molecular weight excluding hydrogens is 164 g/mol. The average molecular weight is 179 g/mol. The van der Waals surface area contributed by atoms with E-state index in [0.717, 1.165) is 25.9 Å². The average Bonchev–Trinajstić information content (AvgIpc) is 2.31. The lowest BCUT2D eigenvalue weighted by Gasteiger charge is -2.03. The van der Waals surface area contributed by atoms with Crippen molar-refractivity contribution in [3.63, 3.8) is 0 Å². The van der Waals surface area contributed by atoms with Gasteiger partial charge in [0.15, 0.2) is 0 Å². The minimum Gasteiger partial charge on any atom is -0.356 e. The standard InChI is InChI=1S/C7H14N2O.ClH/c1-8-4-2-6-3-5-9-7(6)10;/h6,8H,2-5H2,1H3,(H,9,10);1H. The summed E-state index contributed by atoms with van der Waals surface area (Å²) in [5.41, 5.74) is 0. The summed E-state index contributed by atoms with van der Waals surface area (Å²) in [4.78, 5) is 10.9. The maximum Gasteiger partial charge on any atom is 0.223 e. The predicted octanol–water partition coefficient (Wildman–Crippen LogP) is 0.154. The van der Waals surface area contributed by atoms with E-state index in [1.54, 1.807) is 0 Å². The fourth-order valence-corrected chi connectivity index (χ4v) is 1.24. The molecule has 0 bridgehead atoms. The summed E-state index contributed by atoms with van der Waals surface area (Å²) in [6.45, 7) is 1.81. The molecule has 2 N–H and O–H groups in total. The van der Waals surface area contributed by atoms with Gasteiger partial charge in [-0.3, -0.25) is 4.79 Å². The molecule has 0 aromatic heterocycles. The van der Waals surface area contributed by atoms with Crippen LogP contribution in [0.4, 0.5) is 0 Å². The lowest BCUT2D eigenvalue weighted by Crippen LogP contribution is -2.21. The highest BCUT2D eigenvalue weighted by Gasteiger charge is 2.22. The van der Waals surface area contributed by atoms with Crippen molar-refractivity contribution in [3.8, 4) is 0 Å². The topological polar surface area (TPSA) is 41.1 Å². The zero-order valence-corrected chi connectivity index (χ0v) is 7.54. The van der Waals surface area contributed by atoms with Crippen LogP contribution in [-0.4, -0.2) is 26.0 Å². The summed E-state index contributed by atoms with van der Waals surface area (Å²) in [5.74, 6) is 0.503. The maximum absolute atomic E-state index is 10.9. The summed E-state index contributed by atoms with van der Waals surface area (Å²) < 4.78 is 0. The Kier molecular flexibility index (Phi) is 5.24. The summed E-state index contributed by atoms with van der Waals surface area (Å²) in [6, 6.07) is 0. The van der Waals surface area contributed by atoms with Gasteiger partial charge in [0.2, 0.25) is 5.91 Å². The first-order valence-electron chi connectivity index (χ1n) is 3.77. The van der Waals surface area contributed by atoms with Crippen LogP contribution in [0.25, 0.3) is 0 Å². The lowest BCUT2D eigenvalue weighted by atomic mass is 10.0. The molecule has 1 rings (SSSR count). The molecule has 0 aromatic rings. The van der Waals surface area contributed by atoms with Crippen LogP contribution in [0.5, 0.6) is 0 Å². The van der Waals surface area contributed by atoms with E-state index in [1.165, 1.54) is 0 Å². The highest BCUT2D eigenvalue weighted by atomic mass is 35.5. The van der Waals surface area contributed by atoms with Crippen molar-refractivity contribution in [2.75, 3.05) is 20.1 Å². The molecule has 0 aromatic carbocycles. The van der Waals surface area contributed by atoms with E-state index in [9.17, 15) is 4.79 Å². The van der Waals surface area contributed by atoms with E-state index in [2.05, 4.69) is 10.6 Å². The van der Waals surface area contributed by atoms with Gasteiger partial charge in [0, 0.05) is 12.5 Å². The van der Waals surface area contributed by atoms with Gasteiger partial charge >= 0.3 is 0 Å². The molecule has 3 nitrogen and oxygen atoms in total. The zero-order valence-electron chi connectivity index (χ0n) is 6.72. The van der Waals surface area contributed by atoms with Crippen molar-refractivity contribution in [2.45, 2.75) is 12.8 Å². The Morgan fingerprint density at radius 3 is 2.91 bits per heavy atom. The monoisotopic (exact) mass is 178 g/mol. The van der Waals surface area contributed by atoms with Gasteiger partial charge in [-0.05, 0) is 26.4 Å². The number of halogens is 1. The summed E-state index contributed by atoms with van der Waals surface area (Å²) in [5, 5.41) is 5.85. The van der Waals surface area contributed by atoms with E-state index < -0.39 is 0 Å². The second-order valence-corrected chi connectivity index (χ2v) is 2.67. The van der Waals surface area contributed by atoms with Gasteiger partial charge < -0.3 is 10.6 Å². The molecule has 1 amide bonds. The maximum atomic E-state index is 10.9. The van der Waals surface area contributed by atoms with Gasteiger partial charge in [-0.1, -0.05) is 0 Å². The molecule has 1 aliphatic rings. The third-order valence-electron chi connectivity index (χ3n) is 1.91. The Morgan fingerprint density at radius 2 is 2.45 bits per heavy atom. The van der Waals surface area contributed by atoms with Crippen molar-refractivity contribution in [2.24, 2.45) is 5.92 Å². The molecule has 1 aliphatic heterocycles. The van der Waals surface area contributed by atoms with Crippen molar-refractivity contribution in [3.05, 3.63) is 0 Å². The normalized spacial score (nSPS) is 22.6. The molecule has 1 heterocycles. The number of nitrogens with one attached hydrogen (secondary N) is 2. The Labute approximate surface area is 73.3 Å². The molecule has 66 valence electrons. The van der Waals surface area contributed by atoms with E-state index in [4.69, 9.17) is 0 Å². The van der Waals surface area contributed by atoms with Crippen LogP contribution in [0.1, 0.15) is 12.8 Å². The molecule has 0 aliphatic carbocycles. The summed E-state index contributed by atoms with van der Waals surface area (Å²) in [7, 11) is 1.91. The van der Waals surface area contributed by atoms with Crippen LogP contribution in [0.15, 0.2) is 0 Å². The number of carbonyl (C=O) groups is 1. The second-order valence-electron chi connectivity index (χ2n) is 2.67. The molecule has 1 atom stereocenters. The van der Waals surface area contributed by atoms with Gasteiger partial charge in [-0.2, -0.15) is 0 Å². The minimum atomic E-state index is 0.